The second kappa shape index (κ2) is 8.99. The molecule has 1 saturated heterocycles. The van der Waals surface area contributed by atoms with Gasteiger partial charge in [-0.15, -0.1) is 11.3 Å². The van der Waals surface area contributed by atoms with Crippen molar-refractivity contribution in [1.29, 1.82) is 0 Å². The summed E-state index contributed by atoms with van der Waals surface area (Å²) in [6, 6.07) is 17.8. The fourth-order valence-corrected chi connectivity index (χ4v) is 6.50. The average Bonchev–Trinajstić information content (AvgIpc) is 3.32. The molecule has 7 rings (SSSR count). The molecule has 3 aromatic carbocycles. The number of carbonyl (C=O) groups is 1. The van der Waals surface area contributed by atoms with Crippen LogP contribution in [0.25, 0.3) is 43.8 Å². The van der Waals surface area contributed by atoms with Crippen molar-refractivity contribution < 1.29 is 18.0 Å². The first kappa shape index (κ1) is 24.5. The van der Waals surface area contributed by atoms with Crippen LogP contribution in [0, 0.1) is 11.3 Å². The quantitative estimate of drug-likeness (QED) is 0.250. The Bertz CT molecular complexity index is 1710. The first-order valence-corrected chi connectivity index (χ1v) is 14.0. The fourth-order valence-electron chi connectivity index (χ4n) is 5.78. The number of hydrogen-bond donors (Lipinski definition) is 1. The molecule has 2 fully saturated rings. The molecule has 39 heavy (non-hydrogen) atoms. The largest absolute Gasteiger partial charge is 0.416 e. The highest BCUT2D eigenvalue weighted by atomic mass is 32.1. The molecule has 2 aliphatic rings. The second-order valence-corrected chi connectivity index (χ2v) is 11.6. The van der Waals surface area contributed by atoms with Crippen LogP contribution in [0.2, 0.25) is 0 Å². The molecule has 198 valence electrons. The van der Waals surface area contributed by atoms with Gasteiger partial charge in [-0.25, -0.2) is 9.97 Å². The second-order valence-electron chi connectivity index (χ2n) is 10.7. The van der Waals surface area contributed by atoms with Crippen LogP contribution in [-0.2, 0) is 17.5 Å². The molecule has 1 aliphatic carbocycles. The zero-order valence-electron chi connectivity index (χ0n) is 21.0. The minimum Gasteiger partial charge on any atom is -0.323 e. The summed E-state index contributed by atoms with van der Waals surface area (Å²) in [5, 5.41) is 3.35. The van der Waals surface area contributed by atoms with Gasteiger partial charge in [-0.3, -0.25) is 4.79 Å². The number of imidazole rings is 1. The number of Topliss-reactive ketones (excluding diaryl/α,β-unsaturated/α-hetero) is 1. The van der Waals surface area contributed by atoms with Gasteiger partial charge in [0.25, 0.3) is 0 Å². The van der Waals surface area contributed by atoms with Gasteiger partial charge < -0.3 is 9.88 Å². The van der Waals surface area contributed by atoms with E-state index in [1.807, 2.05) is 46.5 Å². The number of alkyl halides is 3. The smallest absolute Gasteiger partial charge is 0.323 e. The van der Waals surface area contributed by atoms with Gasteiger partial charge in [0.15, 0.2) is 0 Å². The molecule has 9 heteroatoms. The maximum atomic E-state index is 13.5. The SMILES string of the molecule is O=C(C1CC1)[C@@]1(Cn2c(-c3ccc(-c4ccc5ncsc5c4)cc3)nc3cc(C(F)(F)F)ccc32)CCNC1. The van der Waals surface area contributed by atoms with Gasteiger partial charge in [0, 0.05) is 24.6 Å². The minimum absolute atomic E-state index is 0.0927. The average molecular weight is 547 g/mol. The van der Waals surface area contributed by atoms with Crippen LogP contribution in [0.3, 0.4) is 0 Å². The van der Waals surface area contributed by atoms with Crippen LogP contribution < -0.4 is 5.32 Å². The number of aromatic nitrogens is 3. The van der Waals surface area contributed by atoms with Crippen molar-refractivity contribution in [3.05, 3.63) is 71.7 Å². The molecule has 3 heterocycles. The van der Waals surface area contributed by atoms with E-state index in [0.29, 0.717) is 30.9 Å². The van der Waals surface area contributed by atoms with E-state index in [2.05, 4.69) is 16.4 Å². The van der Waals surface area contributed by atoms with Crippen LogP contribution >= 0.6 is 11.3 Å². The summed E-state index contributed by atoms with van der Waals surface area (Å²) in [5.74, 6) is 0.930. The van der Waals surface area contributed by atoms with Crippen molar-refractivity contribution in [1.82, 2.24) is 19.9 Å². The Labute approximate surface area is 226 Å². The van der Waals surface area contributed by atoms with Crippen LogP contribution in [0.15, 0.2) is 66.2 Å². The number of hydrogen-bond acceptors (Lipinski definition) is 5. The molecule has 5 aromatic rings. The Kier molecular flexibility index (Phi) is 5.64. The Morgan fingerprint density at radius 1 is 1.00 bits per heavy atom. The highest BCUT2D eigenvalue weighted by molar-refractivity contribution is 7.16. The van der Waals surface area contributed by atoms with E-state index in [4.69, 9.17) is 4.98 Å². The van der Waals surface area contributed by atoms with E-state index in [0.717, 1.165) is 58.4 Å². The maximum Gasteiger partial charge on any atom is 0.416 e. The molecule has 1 atom stereocenters. The first-order valence-electron chi connectivity index (χ1n) is 13.1. The molecule has 0 spiro atoms. The Morgan fingerprint density at radius 3 is 2.49 bits per heavy atom. The molecule has 0 amide bonds. The lowest BCUT2D eigenvalue weighted by Crippen LogP contribution is -2.39. The molecular weight excluding hydrogens is 521 g/mol. The van der Waals surface area contributed by atoms with E-state index in [-0.39, 0.29) is 17.2 Å². The number of ketones is 1. The van der Waals surface area contributed by atoms with Crippen LogP contribution in [-0.4, -0.2) is 33.4 Å². The number of thiazole rings is 1. The molecule has 0 bridgehead atoms. The number of carbonyl (C=O) groups excluding carboxylic acids is 1. The number of nitrogens with zero attached hydrogens (tertiary/aromatic N) is 3. The first-order chi connectivity index (χ1) is 18.8. The molecule has 0 unspecified atom stereocenters. The molecule has 1 N–H and O–H groups in total. The van der Waals surface area contributed by atoms with Crippen molar-refractivity contribution in [2.24, 2.45) is 11.3 Å². The van der Waals surface area contributed by atoms with Gasteiger partial charge >= 0.3 is 6.18 Å². The van der Waals surface area contributed by atoms with Crippen molar-refractivity contribution >= 4 is 38.4 Å². The molecule has 5 nitrogen and oxygen atoms in total. The topological polar surface area (TPSA) is 59.8 Å². The summed E-state index contributed by atoms with van der Waals surface area (Å²) in [7, 11) is 0. The van der Waals surface area contributed by atoms with Crippen LogP contribution in [0.5, 0.6) is 0 Å². The number of halogens is 3. The standard InChI is InChI=1S/C30H25F3N4OS/c31-30(32,33)22-8-10-25-24(14-22)36-28(37(25)16-29(11-12-34-15-29)27(38)19-3-4-19)20-5-1-18(2-6-20)21-7-9-23-26(13-21)39-17-35-23/h1-2,5-10,13-14,17,19,34H,3-4,11-12,15-16H2/t29-/m0/s1. The Balaban J connectivity index is 1.32. The monoisotopic (exact) mass is 546 g/mol. The predicted molar refractivity (Wildman–Crippen MR) is 146 cm³/mol. The zero-order valence-corrected chi connectivity index (χ0v) is 21.8. The lowest BCUT2D eigenvalue weighted by atomic mass is 9.80. The van der Waals surface area contributed by atoms with Gasteiger partial charge in [0.1, 0.15) is 11.6 Å². The van der Waals surface area contributed by atoms with Crippen LogP contribution in [0.4, 0.5) is 13.2 Å². The summed E-state index contributed by atoms with van der Waals surface area (Å²) in [6.45, 7) is 1.70. The van der Waals surface area contributed by atoms with E-state index in [1.165, 1.54) is 6.07 Å². The fraction of sp³-hybridized carbons (Fsp3) is 0.300. The van der Waals surface area contributed by atoms with Gasteiger partial charge in [0.2, 0.25) is 0 Å². The van der Waals surface area contributed by atoms with E-state index >= 15 is 0 Å². The van der Waals surface area contributed by atoms with E-state index < -0.39 is 17.2 Å². The van der Waals surface area contributed by atoms with Gasteiger partial charge in [-0.2, -0.15) is 13.2 Å². The van der Waals surface area contributed by atoms with Gasteiger partial charge in [-0.05, 0) is 67.3 Å². The van der Waals surface area contributed by atoms with Crippen molar-refractivity contribution in [2.45, 2.75) is 32.0 Å². The highest BCUT2D eigenvalue weighted by Gasteiger charge is 2.48. The van der Waals surface area contributed by atoms with Gasteiger partial charge in [0.05, 0.1) is 37.7 Å². The van der Waals surface area contributed by atoms with Crippen molar-refractivity contribution in [2.75, 3.05) is 13.1 Å². The summed E-state index contributed by atoms with van der Waals surface area (Å²) in [6.07, 6.45) is -1.91. The van der Waals surface area contributed by atoms with Crippen molar-refractivity contribution in [3.8, 4) is 22.5 Å². The molecular formula is C30H25F3N4OS. The number of benzene rings is 3. The summed E-state index contributed by atoms with van der Waals surface area (Å²) in [5.41, 5.74) is 5.23. The molecule has 1 saturated carbocycles. The number of rotatable bonds is 6. The third kappa shape index (κ3) is 4.33. The molecule has 0 radical (unpaired) electrons. The third-order valence-corrected chi connectivity index (χ3v) is 8.85. The lowest BCUT2D eigenvalue weighted by Gasteiger charge is -2.28. The number of nitrogens with one attached hydrogen (secondary N) is 1. The molecule has 2 aromatic heterocycles. The zero-order chi connectivity index (χ0) is 26.8. The maximum absolute atomic E-state index is 13.5. The normalized spacial score (nSPS) is 19.8. The van der Waals surface area contributed by atoms with E-state index in [1.54, 1.807) is 11.3 Å². The van der Waals surface area contributed by atoms with Gasteiger partial charge in [-0.1, -0.05) is 30.3 Å². The predicted octanol–water partition coefficient (Wildman–Crippen LogP) is 6.96. The summed E-state index contributed by atoms with van der Waals surface area (Å²) >= 11 is 1.59. The summed E-state index contributed by atoms with van der Waals surface area (Å²) in [4.78, 5) is 22.5. The lowest BCUT2D eigenvalue weighted by molar-refractivity contribution is -0.137. The number of fused-ring (bicyclic) bond motifs is 2. The highest BCUT2D eigenvalue weighted by Crippen LogP contribution is 2.43. The van der Waals surface area contributed by atoms with E-state index in [9.17, 15) is 18.0 Å². The van der Waals surface area contributed by atoms with Crippen molar-refractivity contribution in [3.63, 3.8) is 0 Å². The van der Waals surface area contributed by atoms with Crippen LogP contribution in [0.1, 0.15) is 24.8 Å². The Morgan fingerprint density at radius 2 is 1.77 bits per heavy atom. The molecule has 1 aliphatic heterocycles. The Hall–Kier alpha value is -3.56. The minimum atomic E-state index is -4.46. The summed E-state index contributed by atoms with van der Waals surface area (Å²) < 4.78 is 43.6. The third-order valence-electron chi connectivity index (χ3n) is 8.06.